The van der Waals surface area contributed by atoms with Gasteiger partial charge in [-0.3, -0.25) is 0 Å². The topological polar surface area (TPSA) is 12.0 Å². The van der Waals surface area contributed by atoms with Crippen molar-refractivity contribution in [3.8, 4) is 0 Å². The second-order valence-electron chi connectivity index (χ2n) is 4.86. The molecule has 17 heavy (non-hydrogen) atoms. The van der Waals surface area contributed by atoms with Gasteiger partial charge in [-0.2, -0.15) is 0 Å². The van der Waals surface area contributed by atoms with Crippen LogP contribution in [-0.4, -0.2) is 6.54 Å². The third kappa shape index (κ3) is 4.44. The van der Waals surface area contributed by atoms with Crippen molar-refractivity contribution in [3.05, 3.63) is 33.8 Å². The van der Waals surface area contributed by atoms with Gasteiger partial charge >= 0.3 is 0 Å². The predicted molar refractivity (Wildman–Crippen MR) is 79.4 cm³/mol. The summed E-state index contributed by atoms with van der Waals surface area (Å²) in [7, 11) is 0. The number of aryl methyl sites for hydroxylation is 1. The fourth-order valence-corrected chi connectivity index (χ4v) is 2.64. The number of rotatable bonds is 6. The monoisotopic (exact) mass is 297 g/mol. The summed E-state index contributed by atoms with van der Waals surface area (Å²) >= 11 is 3.53. The van der Waals surface area contributed by atoms with Gasteiger partial charge in [-0.05, 0) is 49.1 Å². The summed E-state index contributed by atoms with van der Waals surface area (Å²) in [6.07, 6.45) is 2.46. The van der Waals surface area contributed by atoms with Crippen LogP contribution in [0.15, 0.2) is 22.7 Å². The first-order valence-electron chi connectivity index (χ1n) is 6.57. The van der Waals surface area contributed by atoms with E-state index in [1.54, 1.807) is 0 Å². The van der Waals surface area contributed by atoms with Crippen molar-refractivity contribution in [3.63, 3.8) is 0 Å². The van der Waals surface area contributed by atoms with Crippen molar-refractivity contribution in [2.24, 2.45) is 5.92 Å². The molecule has 1 nitrogen and oxygen atoms in total. The molecule has 0 heterocycles. The van der Waals surface area contributed by atoms with Crippen LogP contribution in [0, 0.1) is 12.8 Å². The Balaban J connectivity index is 2.88. The zero-order chi connectivity index (χ0) is 12.8. The lowest BCUT2D eigenvalue weighted by atomic mass is 9.92. The molecule has 0 saturated heterocycles. The van der Waals surface area contributed by atoms with E-state index in [0.29, 0.717) is 6.04 Å². The third-order valence-corrected chi connectivity index (χ3v) is 3.89. The highest BCUT2D eigenvalue weighted by atomic mass is 79.9. The maximum absolute atomic E-state index is 3.61. The molecule has 2 heteroatoms. The van der Waals surface area contributed by atoms with Gasteiger partial charge in [0.25, 0.3) is 0 Å². The van der Waals surface area contributed by atoms with Crippen molar-refractivity contribution in [1.82, 2.24) is 5.32 Å². The first-order valence-corrected chi connectivity index (χ1v) is 7.37. The Morgan fingerprint density at radius 2 is 2.00 bits per heavy atom. The van der Waals surface area contributed by atoms with Gasteiger partial charge in [-0.15, -0.1) is 0 Å². The average molecular weight is 298 g/mol. The molecule has 0 fully saturated rings. The van der Waals surface area contributed by atoms with E-state index in [9.17, 15) is 0 Å². The summed E-state index contributed by atoms with van der Waals surface area (Å²) in [5.74, 6) is 0.766. The third-order valence-electron chi connectivity index (χ3n) is 3.39. The molecule has 2 atom stereocenters. The molecule has 0 radical (unpaired) electrons. The molecular formula is C15H24BrN. The lowest BCUT2D eigenvalue weighted by molar-refractivity contribution is 0.407. The summed E-state index contributed by atoms with van der Waals surface area (Å²) in [4.78, 5) is 0. The molecule has 0 aliphatic rings. The maximum Gasteiger partial charge on any atom is 0.0325 e. The molecule has 0 aliphatic heterocycles. The van der Waals surface area contributed by atoms with Crippen molar-refractivity contribution >= 4 is 15.9 Å². The number of hydrogen-bond acceptors (Lipinski definition) is 1. The van der Waals surface area contributed by atoms with Crippen molar-refractivity contribution in [1.29, 1.82) is 0 Å². The molecule has 0 amide bonds. The van der Waals surface area contributed by atoms with Crippen LogP contribution in [0.3, 0.4) is 0 Å². The summed E-state index contributed by atoms with van der Waals surface area (Å²) < 4.78 is 1.16. The standard InChI is InChI=1S/C15H24BrN/c1-5-11(3)9-15(17-6-2)14-8-7-13(16)10-12(14)4/h7-8,10-11,15,17H,5-6,9H2,1-4H3. The fraction of sp³-hybridized carbons (Fsp3) is 0.600. The molecule has 1 N–H and O–H groups in total. The van der Waals surface area contributed by atoms with Gasteiger partial charge < -0.3 is 5.32 Å². The SMILES string of the molecule is CCNC(CC(C)CC)c1ccc(Br)cc1C. The van der Waals surface area contributed by atoms with Crippen LogP contribution in [-0.2, 0) is 0 Å². The van der Waals surface area contributed by atoms with E-state index in [0.717, 1.165) is 16.9 Å². The van der Waals surface area contributed by atoms with Crippen molar-refractivity contribution in [2.75, 3.05) is 6.54 Å². The Bertz CT molecular complexity index is 349. The summed E-state index contributed by atoms with van der Waals surface area (Å²) in [5, 5.41) is 3.61. The highest BCUT2D eigenvalue weighted by Crippen LogP contribution is 2.27. The summed E-state index contributed by atoms with van der Waals surface area (Å²) in [6, 6.07) is 7.08. The zero-order valence-electron chi connectivity index (χ0n) is 11.4. The summed E-state index contributed by atoms with van der Waals surface area (Å²) in [5.41, 5.74) is 2.81. The molecule has 2 unspecified atom stereocenters. The summed E-state index contributed by atoms with van der Waals surface area (Å²) in [6.45, 7) is 10.00. The van der Waals surface area contributed by atoms with Gasteiger partial charge in [0.1, 0.15) is 0 Å². The quantitative estimate of drug-likeness (QED) is 0.792. The normalized spacial score (nSPS) is 14.6. The smallest absolute Gasteiger partial charge is 0.0325 e. The molecule has 0 bridgehead atoms. The maximum atomic E-state index is 3.61. The highest BCUT2D eigenvalue weighted by Gasteiger charge is 2.15. The second kappa shape index (κ2) is 7.17. The van der Waals surface area contributed by atoms with Crippen LogP contribution in [0.2, 0.25) is 0 Å². The van der Waals surface area contributed by atoms with E-state index in [-0.39, 0.29) is 0 Å². The largest absolute Gasteiger partial charge is 0.310 e. The number of hydrogen-bond donors (Lipinski definition) is 1. The Labute approximate surface area is 114 Å². The molecule has 1 aromatic rings. The minimum absolute atomic E-state index is 0.489. The van der Waals surface area contributed by atoms with Crippen molar-refractivity contribution < 1.29 is 0 Å². The Hall–Kier alpha value is -0.340. The van der Waals surface area contributed by atoms with Crippen molar-refractivity contribution in [2.45, 2.75) is 46.6 Å². The minimum atomic E-state index is 0.489. The number of nitrogens with one attached hydrogen (secondary N) is 1. The molecule has 1 aromatic carbocycles. The van der Waals surface area contributed by atoms with Gasteiger partial charge in [-0.25, -0.2) is 0 Å². The Morgan fingerprint density at radius 3 is 2.53 bits per heavy atom. The zero-order valence-corrected chi connectivity index (χ0v) is 13.0. The fourth-order valence-electron chi connectivity index (χ4n) is 2.17. The van der Waals surface area contributed by atoms with Gasteiger partial charge in [-0.1, -0.05) is 49.2 Å². The molecule has 0 saturated carbocycles. The molecular weight excluding hydrogens is 274 g/mol. The number of benzene rings is 1. The molecule has 0 aromatic heterocycles. The van der Waals surface area contributed by atoms with E-state index in [1.165, 1.54) is 24.0 Å². The van der Waals surface area contributed by atoms with Gasteiger partial charge in [0, 0.05) is 10.5 Å². The van der Waals surface area contributed by atoms with Crippen LogP contribution >= 0.6 is 15.9 Å². The van der Waals surface area contributed by atoms with Crippen LogP contribution < -0.4 is 5.32 Å². The van der Waals surface area contributed by atoms with Gasteiger partial charge in [0.2, 0.25) is 0 Å². The van der Waals surface area contributed by atoms with Crippen LogP contribution in [0.5, 0.6) is 0 Å². The van der Waals surface area contributed by atoms with Crippen LogP contribution in [0.4, 0.5) is 0 Å². The molecule has 96 valence electrons. The minimum Gasteiger partial charge on any atom is -0.310 e. The lowest BCUT2D eigenvalue weighted by Gasteiger charge is -2.23. The molecule has 0 spiro atoms. The predicted octanol–water partition coefficient (Wildman–Crippen LogP) is 4.84. The van der Waals surface area contributed by atoms with E-state index in [2.05, 4.69) is 67.1 Å². The molecule has 1 rings (SSSR count). The van der Waals surface area contributed by atoms with E-state index >= 15 is 0 Å². The van der Waals surface area contributed by atoms with E-state index in [1.807, 2.05) is 0 Å². The van der Waals surface area contributed by atoms with E-state index < -0.39 is 0 Å². The first kappa shape index (κ1) is 14.7. The van der Waals surface area contributed by atoms with Crippen LogP contribution in [0.25, 0.3) is 0 Å². The Morgan fingerprint density at radius 1 is 1.29 bits per heavy atom. The molecule has 0 aliphatic carbocycles. The van der Waals surface area contributed by atoms with Gasteiger partial charge in [0.15, 0.2) is 0 Å². The second-order valence-corrected chi connectivity index (χ2v) is 5.78. The van der Waals surface area contributed by atoms with Gasteiger partial charge in [0.05, 0.1) is 0 Å². The van der Waals surface area contributed by atoms with E-state index in [4.69, 9.17) is 0 Å². The average Bonchev–Trinajstić information content (AvgIpc) is 2.28. The Kier molecular flexibility index (Phi) is 6.21. The van der Waals surface area contributed by atoms with Crippen LogP contribution in [0.1, 0.15) is 50.8 Å². The first-order chi connectivity index (χ1) is 8.08. The lowest BCUT2D eigenvalue weighted by Crippen LogP contribution is -2.23. The number of halogens is 1. The highest BCUT2D eigenvalue weighted by molar-refractivity contribution is 9.10.